The zero-order valence-corrected chi connectivity index (χ0v) is 7.74. The highest BCUT2D eigenvalue weighted by Gasteiger charge is 2.04. The molecule has 14 heavy (non-hydrogen) atoms. The van der Waals surface area contributed by atoms with E-state index in [0.29, 0.717) is 5.69 Å². The molecular weight excluding hydrogens is 180 g/mol. The van der Waals surface area contributed by atoms with E-state index in [2.05, 4.69) is 5.32 Å². The molecule has 2 N–H and O–H groups in total. The van der Waals surface area contributed by atoms with Crippen LogP contribution in [0.4, 0.5) is 5.69 Å². The summed E-state index contributed by atoms with van der Waals surface area (Å²) in [5.74, 6) is -0.288. The minimum atomic E-state index is -0.374. The Hall–Kier alpha value is -2.02. The van der Waals surface area contributed by atoms with Gasteiger partial charge in [-0.15, -0.1) is 0 Å². The molecule has 1 aromatic rings. The van der Waals surface area contributed by atoms with E-state index in [1.165, 1.54) is 12.1 Å². The van der Waals surface area contributed by atoms with Gasteiger partial charge in [0.15, 0.2) is 0 Å². The summed E-state index contributed by atoms with van der Waals surface area (Å²) >= 11 is 0. The number of aryl methyl sites for hydroxylation is 1. The lowest BCUT2D eigenvalue weighted by Crippen LogP contribution is -2.10. The van der Waals surface area contributed by atoms with Crippen LogP contribution in [0.3, 0.4) is 0 Å². The summed E-state index contributed by atoms with van der Waals surface area (Å²) in [4.78, 5) is 11.1. The van der Waals surface area contributed by atoms with E-state index in [1.54, 1.807) is 19.1 Å². The van der Waals surface area contributed by atoms with Crippen molar-refractivity contribution in [3.8, 4) is 11.8 Å². The number of carbonyl (C=O) groups excluding carboxylic acids is 1. The van der Waals surface area contributed by atoms with Crippen molar-refractivity contribution in [2.75, 3.05) is 5.32 Å². The molecule has 0 bridgehead atoms. The fourth-order valence-corrected chi connectivity index (χ4v) is 1.01. The van der Waals surface area contributed by atoms with E-state index in [0.717, 1.165) is 5.56 Å². The Balaban J connectivity index is 2.81. The van der Waals surface area contributed by atoms with Crippen molar-refractivity contribution in [1.82, 2.24) is 0 Å². The smallest absolute Gasteiger partial charge is 0.238 e. The maximum atomic E-state index is 11.1. The summed E-state index contributed by atoms with van der Waals surface area (Å²) in [5.41, 5.74) is 1.37. The predicted octanol–water partition coefficient (Wildman–Crippen LogP) is 1.55. The number of rotatable bonds is 2. The van der Waals surface area contributed by atoms with E-state index in [4.69, 9.17) is 10.4 Å². The Bertz CT molecular complexity index is 394. The first kappa shape index (κ1) is 10.1. The summed E-state index contributed by atoms with van der Waals surface area (Å²) < 4.78 is 0. The van der Waals surface area contributed by atoms with Crippen LogP contribution < -0.4 is 5.32 Å². The molecule has 0 fully saturated rings. The number of phenolic OH excluding ortho intramolecular Hbond substituents is 1. The molecule has 1 aromatic carbocycles. The standard InChI is InChI=1S/C10H10N2O2/c1-7-2-3-8(13)6-9(7)12-10(14)4-5-11/h2-3,6,13H,4H2,1H3,(H,12,14). The van der Waals surface area contributed by atoms with Crippen molar-refractivity contribution in [2.45, 2.75) is 13.3 Å². The summed E-state index contributed by atoms with van der Waals surface area (Å²) in [6.07, 6.45) is -0.185. The Morgan fingerprint density at radius 1 is 1.64 bits per heavy atom. The number of nitrogens with one attached hydrogen (secondary N) is 1. The zero-order valence-electron chi connectivity index (χ0n) is 7.74. The minimum Gasteiger partial charge on any atom is -0.508 e. The van der Waals surface area contributed by atoms with Gasteiger partial charge in [0.2, 0.25) is 5.91 Å². The average Bonchev–Trinajstić information content (AvgIpc) is 2.12. The molecule has 0 aliphatic heterocycles. The van der Waals surface area contributed by atoms with Gasteiger partial charge in [-0.2, -0.15) is 5.26 Å². The zero-order chi connectivity index (χ0) is 10.6. The van der Waals surface area contributed by atoms with E-state index in [1.807, 2.05) is 0 Å². The number of carbonyl (C=O) groups is 1. The molecule has 0 heterocycles. The number of benzene rings is 1. The van der Waals surface area contributed by atoms with Crippen LogP contribution in [0.5, 0.6) is 5.75 Å². The molecule has 1 amide bonds. The normalized spacial score (nSPS) is 9.14. The van der Waals surface area contributed by atoms with Crippen molar-refractivity contribution in [3.05, 3.63) is 23.8 Å². The number of amides is 1. The summed E-state index contributed by atoms with van der Waals surface area (Å²) in [6, 6.07) is 6.43. The molecule has 4 heteroatoms. The lowest BCUT2D eigenvalue weighted by Gasteiger charge is -2.06. The highest BCUT2D eigenvalue weighted by Crippen LogP contribution is 2.20. The highest BCUT2D eigenvalue weighted by atomic mass is 16.3. The summed E-state index contributed by atoms with van der Waals surface area (Å²) in [5, 5.41) is 20.0. The van der Waals surface area contributed by atoms with E-state index in [9.17, 15) is 4.79 Å². The molecule has 0 atom stereocenters. The van der Waals surface area contributed by atoms with Crippen molar-refractivity contribution in [2.24, 2.45) is 0 Å². The molecule has 0 saturated carbocycles. The number of nitrogens with zero attached hydrogens (tertiary/aromatic N) is 1. The first-order chi connectivity index (χ1) is 6.63. The highest BCUT2D eigenvalue weighted by molar-refractivity contribution is 5.92. The third-order valence-corrected chi connectivity index (χ3v) is 1.73. The van der Waals surface area contributed by atoms with Crippen molar-refractivity contribution in [1.29, 1.82) is 5.26 Å². The van der Waals surface area contributed by atoms with E-state index >= 15 is 0 Å². The van der Waals surface area contributed by atoms with Crippen LogP contribution in [-0.2, 0) is 4.79 Å². The van der Waals surface area contributed by atoms with Crippen molar-refractivity contribution >= 4 is 11.6 Å². The second-order valence-corrected chi connectivity index (χ2v) is 2.88. The molecule has 4 nitrogen and oxygen atoms in total. The topological polar surface area (TPSA) is 73.1 Å². The van der Waals surface area contributed by atoms with Gasteiger partial charge in [-0.25, -0.2) is 0 Å². The summed E-state index contributed by atoms with van der Waals surface area (Å²) in [6.45, 7) is 1.81. The fraction of sp³-hybridized carbons (Fsp3) is 0.200. The number of anilines is 1. The molecule has 0 spiro atoms. The largest absolute Gasteiger partial charge is 0.508 e. The van der Waals surface area contributed by atoms with Gasteiger partial charge in [0.05, 0.1) is 6.07 Å². The van der Waals surface area contributed by atoms with Gasteiger partial charge in [0.25, 0.3) is 0 Å². The van der Waals surface area contributed by atoms with Gasteiger partial charge in [0, 0.05) is 11.8 Å². The van der Waals surface area contributed by atoms with Crippen molar-refractivity contribution < 1.29 is 9.90 Å². The minimum absolute atomic E-state index is 0.0860. The van der Waals surface area contributed by atoms with Crippen LogP contribution in [0.25, 0.3) is 0 Å². The number of aromatic hydroxyl groups is 1. The fourth-order valence-electron chi connectivity index (χ4n) is 1.01. The molecule has 0 aliphatic rings. The van der Waals surface area contributed by atoms with Crippen LogP contribution in [-0.4, -0.2) is 11.0 Å². The van der Waals surface area contributed by atoms with Crippen LogP contribution >= 0.6 is 0 Å². The number of hydrogen-bond donors (Lipinski definition) is 2. The molecule has 0 unspecified atom stereocenters. The third kappa shape index (κ3) is 2.49. The number of hydrogen-bond acceptors (Lipinski definition) is 3. The van der Waals surface area contributed by atoms with Crippen LogP contribution in [0, 0.1) is 18.3 Å². The molecule has 0 saturated heterocycles. The van der Waals surface area contributed by atoms with Crippen LogP contribution in [0.2, 0.25) is 0 Å². The van der Waals surface area contributed by atoms with Crippen molar-refractivity contribution in [3.63, 3.8) is 0 Å². The van der Waals surface area contributed by atoms with Gasteiger partial charge in [-0.3, -0.25) is 4.79 Å². The lowest BCUT2D eigenvalue weighted by molar-refractivity contribution is -0.115. The summed E-state index contributed by atoms with van der Waals surface area (Å²) in [7, 11) is 0. The maximum Gasteiger partial charge on any atom is 0.238 e. The van der Waals surface area contributed by atoms with Gasteiger partial charge >= 0.3 is 0 Å². The molecule has 0 aliphatic carbocycles. The monoisotopic (exact) mass is 190 g/mol. The van der Waals surface area contributed by atoms with Gasteiger partial charge in [-0.1, -0.05) is 6.07 Å². The average molecular weight is 190 g/mol. The van der Waals surface area contributed by atoms with Gasteiger partial charge in [-0.05, 0) is 18.6 Å². The number of phenols is 1. The third-order valence-electron chi connectivity index (χ3n) is 1.73. The van der Waals surface area contributed by atoms with Crippen LogP contribution in [0.15, 0.2) is 18.2 Å². The number of nitriles is 1. The maximum absolute atomic E-state index is 11.1. The Morgan fingerprint density at radius 2 is 2.36 bits per heavy atom. The molecule has 72 valence electrons. The molecule has 1 rings (SSSR count). The molecular formula is C10H10N2O2. The van der Waals surface area contributed by atoms with E-state index in [-0.39, 0.29) is 18.1 Å². The van der Waals surface area contributed by atoms with Gasteiger partial charge < -0.3 is 10.4 Å². The van der Waals surface area contributed by atoms with Crippen LogP contribution in [0.1, 0.15) is 12.0 Å². The first-order valence-corrected chi connectivity index (χ1v) is 4.10. The Labute approximate surface area is 81.8 Å². The Morgan fingerprint density at radius 3 is 3.00 bits per heavy atom. The molecule has 0 aromatic heterocycles. The van der Waals surface area contributed by atoms with Gasteiger partial charge in [0.1, 0.15) is 12.2 Å². The van der Waals surface area contributed by atoms with E-state index < -0.39 is 0 Å². The molecule has 0 radical (unpaired) electrons. The first-order valence-electron chi connectivity index (χ1n) is 4.10. The quantitative estimate of drug-likeness (QED) is 0.743. The lowest BCUT2D eigenvalue weighted by atomic mass is 10.2. The SMILES string of the molecule is Cc1ccc(O)cc1NC(=O)CC#N. The predicted molar refractivity (Wildman–Crippen MR) is 51.7 cm³/mol. The Kier molecular flexibility index (Phi) is 3.08. The second-order valence-electron chi connectivity index (χ2n) is 2.88. The second kappa shape index (κ2) is 4.28.